The number of non-ortho nitro benzene ring substituents is 1. The maximum Gasteiger partial charge on any atom is 0.269 e. The first kappa shape index (κ1) is 27.6. The van der Waals surface area contributed by atoms with Crippen LogP contribution in [-0.4, -0.2) is 23.2 Å². The summed E-state index contributed by atoms with van der Waals surface area (Å²) in [5.74, 6) is 0.597. The molecule has 192 valence electrons. The van der Waals surface area contributed by atoms with Gasteiger partial charge in [0.2, 0.25) is 0 Å². The first-order valence-corrected chi connectivity index (χ1v) is 12.7. The second-order valence-electron chi connectivity index (χ2n) is 8.93. The largest absolute Gasteiger partial charge is 0.508 e. The van der Waals surface area contributed by atoms with Crippen LogP contribution in [0.15, 0.2) is 97.1 Å². The zero-order chi connectivity index (χ0) is 26.6. The summed E-state index contributed by atoms with van der Waals surface area (Å²) in [6, 6.07) is 30.9. The van der Waals surface area contributed by atoms with Gasteiger partial charge in [-0.2, -0.15) is 0 Å². The van der Waals surface area contributed by atoms with E-state index >= 15 is 0 Å². The SMILES string of the molecule is CC(Cc1ccc(O)cc1Cc1ccccc1)c1ccc(-c2ccc([N+](=O)[O-])cc2)cc1.CCOCC. The van der Waals surface area contributed by atoms with Crippen LogP contribution in [-0.2, 0) is 17.6 Å². The van der Waals surface area contributed by atoms with Gasteiger partial charge in [0.05, 0.1) is 4.92 Å². The molecule has 0 bridgehead atoms. The predicted molar refractivity (Wildman–Crippen MR) is 150 cm³/mol. The van der Waals surface area contributed by atoms with Crippen molar-refractivity contribution in [3.63, 3.8) is 0 Å². The van der Waals surface area contributed by atoms with E-state index in [0.29, 0.717) is 11.7 Å². The lowest BCUT2D eigenvalue weighted by atomic mass is 9.89. The van der Waals surface area contributed by atoms with E-state index in [1.807, 2.05) is 44.2 Å². The third-order valence-electron chi connectivity index (χ3n) is 6.25. The number of aromatic hydroxyl groups is 1. The summed E-state index contributed by atoms with van der Waals surface area (Å²) in [7, 11) is 0. The number of benzene rings is 4. The number of nitrogens with zero attached hydrogens (tertiary/aromatic N) is 1. The second-order valence-corrected chi connectivity index (χ2v) is 8.93. The molecule has 37 heavy (non-hydrogen) atoms. The maximum atomic E-state index is 10.9. The first-order valence-electron chi connectivity index (χ1n) is 12.7. The smallest absolute Gasteiger partial charge is 0.269 e. The molecule has 0 saturated carbocycles. The number of phenols is 1. The summed E-state index contributed by atoms with van der Waals surface area (Å²) in [4.78, 5) is 10.5. The third kappa shape index (κ3) is 8.29. The Morgan fingerprint density at radius 2 is 1.41 bits per heavy atom. The van der Waals surface area contributed by atoms with Crippen LogP contribution in [0.1, 0.15) is 48.9 Å². The van der Waals surface area contributed by atoms with Gasteiger partial charge in [-0.05, 0) is 90.3 Å². The molecule has 0 amide bonds. The standard InChI is InChI=1S/C28H25NO3.C4H10O/c1-20(17-25-13-16-28(30)19-26(25)18-21-5-3-2-4-6-21)22-7-9-23(10-8-22)24-11-14-27(15-12-24)29(31)32;1-3-5-4-2/h2-16,19-20,30H,17-18H2,1H3;3-4H2,1-2H3. The molecule has 4 aromatic carbocycles. The summed E-state index contributed by atoms with van der Waals surface area (Å²) in [6.07, 6.45) is 1.66. The van der Waals surface area contributed by atoms with Crippen LogP contribution < -0.4 is 0 Å². The third-order valence-corrected chi connectivity index (χ3v) is 6.25. The maximum absolute atomic E-state index is 10.9. The molecule has 0 fully saturated rings. The van der Waals surface area contributed by atoms with Crippen molar-refractivity contribution in [1.29, 1.82) is 0 Å². The Kier molecular flexibility index (Phi) is 10.4. The highest BCUT2D eigenvalue weighted by atomic mass is 16.6. The molecule has 0 radical (unpaired) electrons. The molecule has 4 aromatic rings. The molecule has 0 aromatic heterocycles. The molecule has 4 rings (SSSR count). The zero-order valence-electron chi connectivity index (χ0n) is 21.8. The van der Waals surface area contributed by atoms with Crippen molar-refractivity contribution >= 4 is 5.69 Å². The van der Waals surface area contributed by atoms with Crippen LogP contribution in [0.5, 0.6) is 5.75 Å². The summed E-state index contributed by atoms with van der Waals surface area (Å²) >= 11 is 0. The fourth-order valence-electron chi connectivity index (χ4n) is 4.22. The topological polar surface area (TPSA) is 72.6 Å². The van der Waals surface area contributed by atoms with Gasteiger partial charge in [0, 0.05) is 25.3 Å². The van der Waals surface area contributed by atoms with Crippen LogP contribution in [0, 0.1) is 10.1 Å². The minimum absolute atomic E-state index is 0.0965. The van der Waals surface area contributed by atoms with Gasteiger partial charge in [-0.25, -0.2) is 0 Å². The molecule has 1 unspecified atom stereocenters. The molecule has 5 nitrogen and oxygen atoms in total. The van der Waals surface area contributed by atoms with Crippen molar-refractivity contribution in [3.05, 3.63) is 129 Å². The lowest BCUT2D eigenvalue weighted by molar-refractivity contribution is -0.384. The van der Waals surface area contributed by atoms with E-state index in [4.69, 9.17) is 4.74 Å². The van der Waals surface area contributed by atoms with Crippen LogP contribution >= 0.6 is 0 Å². The van der Waals surface area contributed by atoms with E-state index < -0.39 is 0 Å². The van der Waals surface area contributed by atoms with Gasteiger partial charge < -0.3 is 9.84 Å². The van der Waals surface area contributed by atoms with Gasteiger partial charge >= 0.3 is 0 Å². The number of ether oxygens (including phenoxy) is 1. The second kappa shape index (κ2) is 14.0. The van der Waals surface area contributed by atoms with Gasteiger partial charge in [-0.15, -0.1) is 0 Å². The number of rotatable bonds is 9. The Bertz CT molecular complexity index is 1250. The van der Waals surface area contributed by atoms with Crippen molar-refractivity contribution < 1.29 is 14.8 Å². The molecule has 0 heterocycles. The van der Waals surface area contributed by atoms with Crippen LogP contribution in [0.4, 0.5) is 5.69 Å². The Labute approximate surface area is 219 Å². The highest BCUT2D eigenvalue weighted by Gasteiger charge is 2.12. The number of nitro benzene ring substituents is 1. The van der Waals surface area contributed by atoms with Gasteiger partial charge in [-0.1, -0.05) is 67.6 Å². The molecule has 5 heteroatoms. The molecule has 0 aliphatic rings. The molecule has 0 saturated heterocycles. The van der Waals surface area contributed by atoms with Crippen LogP contribution in [0.3, 0.4) is 0 Å². The van der Waals surface area contributed by atoms with Crippen molar-refractivity contribution in [1.82, 2.24) is 0 Å². The van der Waals surface area contributed by atoms with Gasteiger partial charge in [0.25, 0.3) is 5.69 Å². The predicted octanol–water partition coefficient (Wildman–Crippen LogP) is 7.95. The number of hydrogen-bond donors (Lipinski definition) is 1. The fourth-order valence-corrected chi connectivity index (χ4v) is 4.22. The minimum atomic E-state index is -0.385. The number of nitro groups is 1. The Morgan fingerprint density at radius 1 is 0.811 bits per heavy atom. The van der Waals surface area contributed by atoms with E-state index in [9.17, 15) is 15.2 Å². The Hall–Kier alpha value is -3.96. The van der Waals surface area contributed by atoms with Crippen molar-refractivity contribution in [2.24, 2.45) is 0 Å². The highest BCUT2D eigenvalue weighted by molar-refractivity contribution is 5.65. The summed E-state index contributed by atoms with van der Waals surface area (Å²) in [5, 5.41) is 20.9. The lowest BCUT2D eigenvalue weighted by Gasteiger charge is -2.16. The quantitative estimate of drug-likeness (QED) is 0.188. The fraction of sp³-hybridized carbons (Fsp3) is 0.250. The van der Waals surface area contributed by atoms with E-state index in [-0.39, 0.29) is 10.6 Å². The Balaban J connectivity index is 0.000000695. The monoisotopic (exact) mass is 497 g/mol. The summed E-state index contributed by atoms with van der Waals surface area (Å²) in [6.45, 7) is 7.88. The average Bonchev–Trinajstić information content (AvgIpc) is 2.92. The average molecular weight is 498 g/mol. The number of hydrogen-bond acceptors (Lipinski definition) is 4. The van der Waals surface area contributed by atoms with Crippen LogP contribution in [0.25, 0.3) is 11.1 Å². The number of phenolic OH excluding ortho intramolecular Hbond substituents is 1. The molecule has 0 spiro atoms. The molecule has 0 aliphatic heterocycles. The van der Waals surface area contributed by atoms with E-state index in [0.717, 1.165) is 42.7 Å². The van der Waals surface area contributed by atoms with E-state index in [1.165, 1.54) is 28.8 Å². The highest BCUT2D eigenvalue weighted by Crippen LogP contribution is 2.29. The lowest BCUT2D eigenvalue weighted by Crippen LogP contribution is -2.03. The summed E-state index contributed by atoms with van der Waals surface area (Å²) in [5.41, 5.74) is 6.92. The molecule has 1 atom stereocenters. The zero-order valence-corrected chi connectivity index (χ0v) is 21.8. The van der Waals surface area contributed by atoms with Gasteiger partial charge in [-0.3, -0.25) is 10.1 Å². The molecule has 1 N–H and O–H groups in total. The van der Waals surface area contributed by atoms with Gasteiger partial charge in [0.15, 0.2) is 0 Å². The van der Waals surface area contributed by atoms with Crippen molar-refractivity contribution in [2.75, 3.05) is 13.2 Å². The van der Waals surface area contributed by atoms with Crippen molar-refractivity contribution in [3.8, 4) is 16.9 Å². The first-order chi connectivity index (χ1) is 17.9. The molecular weight excluding hydrogens is 462 g/mol. The van der Waals surface area contributed by atoms with E-state index in [1.54, 1.807) is 18.2 Å². The molecule has 0 aliphatic carbocycles. The normalized spacial score (nSPS) is 11.3. The Morgan fingerprint density at radius 3 is 1.95 bits per heavy atom. The van der Waals surface area contributed by atoms with Gasteiger partial charge in [0.1, 0.15) is 5.75 Å². The van der Waals surface area contributed by atoms with Crippen molar-refractivity contribution in [2.45, 2.75) is 39.5 Å². The van der Waals surface area contributed by atoms with E-state index in [2.05, 4.69) is 43.3 Å². The summed E-state index contributed by atoms with van der Waals surface area (Å²) < 4.78 is 4.83. The van der Waals surface area contributed by atoms with Crippen LogP contribution in [0.2, 0.25) is 0 Å². The minimum Gasteiger partial charge on any atom is -0.508 e. The molecular formula is C32H35NO4.